The van der Waals surface area contributed by atoms with Crippen molar-refractivity contribution in [1.29, 1.82) is 0 Å². The SMILES string of the molecule is COCC(C)(C)NC(=O)c1sc(NC2CCC2)nc1N. The Labute approximate surface area is 123 Å². The van der Waals surface area contributed by atoms with Crippen molar-refractivity contribution in [3.05, 3.63) is 4.88 Å². The van der Waals surface area contributed by atoms with Gasteiger partial charge in [0.05, 0.1) is 12.1 Å². The van der Waals surface area contributed by atoms with Gasteiger partial charge in [-0.2, -0.15) is 0 Å². The maximum atomic E-state index is 12.2. The maximum Gasteiger partial charge on any atom is 0.265 e. The van der Waals surface area contributed by atoms with Gasteiger partial charge in [-0.1, -0.05) is 11.3 Å². The smallest absolute Gasteiger partial charge is 0.265 e. The highest BCUT2D eigenvalue weighted by Crippen LogP contribution is 2.29. The lowest BCUT2D eigenvalue weighted by Gasteiger charge is -2.26. The summed E-state index contributed by atoms with van der Waals surface area (Å²) in [7, 11) is 1.61. The molecular weight excluding hydrogens is 276 g/mol. The van der Waals surface area contributed by atoms with Gasteiger partial charge >= 0.3 is 0 Å². The van der Waals surface area contributed by atoms with E-state index in [0.29, 0.717) is 17.5 Å². The number of nitrogen functional groups attached to an aromatic ring is 1. The molecule has 1 aliphatic rings. The molecule has 0 spiro atoms. The van der Waals surface area contributed by atoms with E-state index in [4.69, 9.17) is 10.5 Å². The van der Waals surface area contributed by atoms with Crippen molar-refractivity contribution in [1.82, 2.24) is 10.3 Å². The minimum absolute atomic E-state index is 0.205. The van der Waals surface area contributed by atoms with Crippen molar-refractivity contribution < 1.29 is 9.53 Å². The molecule has 1 saturated carbocycles. The van der Waals surface area contributed by atoms with Crippen LogP contribution in [-0.4, -0.2) is 36.2 Å². The number of methoxy groups -OCH3 is 1. The number of rotatable bonds is 6. The van der Waals surface area contributed by atoms with Crippen LogP contribution in [-0.2, 0) is 4.74 Å². The summed E-state index contributed by atoms with van der Waals surface area (Å²) in [5.74, 6) is 0.0752. The molecule has 2 rings (SSSR count). The Balaban J connectivity index is 2.01. The second-order valence-corrected chi connectivity index (χ2v) is 6.78. The van der Waals surface area contributed by atoms with Crippen LogP contribution in [0.15, 0.2) is 0 Å². The van der Waals surface area contributed by atoms with Crippen LogP contribution < -0.4 is 16.4 Å². The van der Waals surface area contributed by atoms with Crippen LogP contribution in [0, 0.1) is 0 Å². The number of carbonyl (C=O) groups is 1. The predicted molar refractivity (Wildman–Crippen MR) is 81.2 cm³/mol. The Morgan fingerprint density at radius 3 is 2.80 bits per heavy atom. The quantitative estimate of drug-likeness (QED) is 0.745. The van der Waals surface area contributed by atoms with Gasteiger partial charge in [0.15, 0.2) is 5.13 Å². The highest BCUT2D eigenvalue weighted by Gasteiger charge is 2.25. The van der Waals surface area contributed by atoms with E-state index in [0.717, 1.165) is 18.0 Å². The molecule has 1 aromatic heterocycles. The number of nitrogens with one attached hydrogen (secondary N) is 2. The monoisotopic (exact) mass is 298 g/mol. The summed E-state index contributed by atoms with van der Waals surface area (Å²) in [5, 5.41) is 6.94. The number of amides is 1. The van der Waals surface area contributed by atoms with Crippen molar-refractivity contribution in [3.63, 3.8) is 0 Å². The topological polar surface area (TPSA) is 89.3 Å². The van der Waals surface area contributed by atoms with Gasteiger partial charge in [-0.25, -0.2) is 4.98 Å². The largest absolute Gasteiger partial charge is 0.382 e. The zero-order valence-electron chi connectivity index (χ0n) is 12.2. The highest BCUT2D eigenvalue weighted by molar-refractivity contribution is 7.18. The first-order valence-corrected chi connectivity index (χ1v) is 7.57. The van der Waals surface area contributed by atoms with Crippen LogP contribution in [0.1, 0.15) is 42.8 Å². The third-order valence-corrected chi connectivity index (χ3v) is 4.25. The van der Waals surface area contributed by atoms with Gasteiger partial charge in [-0.3, -0.25) is 4.79 Å². The Morgan fingerprint density at radius 1 is 1.55 bits per heavy atom. The second-order valence-electron chi connectivity index (χ2n) is 5.78. The van der Waals surface area contributed by atoms with Gasteiger partial charge < -0.3 is 21.1 Å². The number of nitrogens with two attached hydrogens (primary N) is 1. The zero-order valence-corrected chi connectivity index (χ0v) is 13.0. The predicted octanol–water partition coefficient (Wildman–Crippen LogP) is 1.84. The molecule has 1 fully saturated rings. The molecule has 6 nitrogen and oxygen atoms in total. The van der Waals surface area contributed by atoms with Gasteiger partial charge in [-0.15, -0.1) is 0 Å². The first-order valence-electron chi connectivity index (χ1n) is 6.75. The lowest BCUT2D eigenvalue weighted by Crippen LogP contribution is -2.46. The number of anilines is 2. The van der Waals surface area contributed by atoms with Gasteiger partial charge in [0.25, 0.3) is 5.91 Å². The number of nitrogens with zero attached hydrogens (tertiary/aromatic N) is 1. The highest BCUT2D eigenvalue weighted by atomic mass is 32.1. The molecule has 1 aromatic rings. The summed E-state index contributed by atoms with van der Waals surface area (Å²) >= 11 is 1.30. The Hall–Kier alpha value is -1.34. The summed E-state index contributed by atoms with van der Waals surface area (Å²) in [4.78, 5) is 16.9. The lowest BCUT2D eigenvalue weighted by atomic mass is 9.93. The van der Waals surface area contributed by atoms with Gasteiger partial charge in [0.1, 0.15) is 10.7 Å². The van der Waals surface area contributed by atoms with Crippen molar-refractivity contribution >= 4 is 28.2 Å². The van der Waals surface area contributed by atoms with E-state index in [9.17, 15) is 4.79 Å². The number of thiazole rings is 1. The average Bonchev–Trinajstić information content (AvgIpc) is 2.64. The molecule has 1 heterocycles. The van der Waals surface area contributed by atoms with Crippen molar-refractivity contribution in [3.8, 4) is 0 Å². The molecule has 0 atom stereocenters. The number of carbonyl (C=O) groups excluding carboxylic acids is 1. The summed E-state index contributed by atoms with van der Waals surface area (Å²) in [6.07, 6.45) is 3.56. The van der Waals surface area contributed by atoms with Crippen LogP contribution in [0.25, 0.3) is 0 Å². The summed E-state index contributed by atoms with van der Waals surface area (Å²) in [5.41, 5.74) is 5.40. The molecule has 0 radical (unpaired) electrons. The van der Waals surface area contributed by atoms with Gasteiger partial charge in [0.2, 0.25) is 0 Å². The Bertz CT molecular complexity index is 483. The first kappa shape index (κ1) is 15.1. The van der Waals surface area contributed by atoms with E-state index in [1.54, 1.807) is 7.11 Å². The van der Waals surface area contributed by atoms with Crippen LogP contribution in [0.5, 0.6) is 0 Å². The van der Waals surface area contributed by atoms with Crippen molar-refractivity contribution in [2.45, 2.75) is 44.7 Å². The molecule has 1 amide bonds. The third-order valence-electron chi connectivity index (χ3n) is 3.25. The number of aromatic nitrogens is 1. The first-order chi connectivity index (χ1) is 9.41. The molecule has 0 unspecified atom stereocenters. The standard InChI is InChI=1S/C13H22N4O2S/c1-13(2,7-19-3)17-11(18)9-10(14)16-12(20-9)15-8-5-4-6-8/h8H,4-7,14H2,1-3H3,(H,15,16)(H,17,18). The minimum atomic E-state index is -0.441. The molecule has 0 saturated heterocycles. The van der Waals surface area contributed by atoms with Crippen LogP contribution >= 0.6 is 11.3 Å². The normalized spacial score (nSPS) is 15.8. The van der Waals surface area contributed by atoms with E-state index in [1.807, 2.05) is 13.8 Å². The molecule has 7 heteroatoms. The summed E-state index contributed by atoms with van der Waals surface area (Å²) < 4.78 is 5.08. The molecule has 4 N–H and O–H groups in total. The number of ether oxygens (including phenoxy) is 1. The van der Waals surface area contributed by atoms with Gasteiger partial charge in [-0.05, 0) is 33.1 Å². The zero-order chi connectivity index (χ0) is 14.8. The van der Waals surface area contributed by atoms with E-state index in [1.165, 1.54) is 17.8 Å². The van der Waals surface area contributed by atoms with E-state index in [-0.39, 0.29) is 11.7 Å². The van der Waals surface area contributed by atoms with E-state index in [2.05, 4.69) is 15.6 Å². The molecule has 0 bridgehead atoms. The third kappa shape index (κ3) is 3.61. The molecule has 0 aliphatic heterocycles. The number of hydrogen-bond donors (Lipinski definition) is 3. The fraction of sp³-hybridized carbons (Fsp3) is 0.692. The van der Waals surface area contributed by atoms with E-state index < -0.39 is 5.54 Å². The van der Waals surface area contributed by atoms with Crippen molar-refractivity contribution in [2.75, 3.05) is 24.8 Å². The number of hydrogen-bond acceptors (Lipinski definition) is 6. The van der Waals surface area contributed by atoms with E-state index >= 15 is 0 Å². The van der Waals surface area contributed by atoms with Crippen LogP contribution in [0.4, 0.5) is 10.9 Å². The summed E-state index contributed by atoms with van der Waals surface area (Å²) in [6.45, 7) is 4.24. The fourth-order valence-electron chi connectivity index (χ4n) is 2.04. The lowest BCUT2D eigenvalue weighted by molar-refractivity contribution is 0.0824. The Kier molecular flexibility index (Phi) is 4.49. The van der Waals surface area contributed by atoms with Gasteiger partial charge in [0, 0.05) is 13.2 Å². The molecule has 0 aromatic carbocycles. The fourth-order valence-corrected chi connectivity index (χ4v) is 2.90. The Morgan fingerprint density at radius 2 is 2.25 bits per heavy atom. The second kappa shape index (κ2) is 5.97. The molecule has 20 heavy (non-hydrogen) atoms. The average molecular weight is 298 g/mol. The molecule has 1 aliphatic carbocycles. The maximum absolute atomic E-state index is 12.2. The van der Waals surface area contributed by atoms with Crippen LogP contribution in [0.3, 0.4) is 0 Å². The van der Waals surface area contributed by atoms with Crippen molar-refractivity contribution in [2.24, 2.45) is 0 Å². The van der Waals surface area contributed by atoms with Crippen LogP contribution in [0.2, 0.25) is 0 Å². The summed E-state index contributed by atoms with van der Waals surface area (Å²) in [6, 6.07) is 0.474. The molecular formula is C13H22N4O2S. The minimum Gasteiger partial charge on any atom is -0.382 e. The molecule has 112 valence electrons.